The van der Waals surface area contributed by atoms with E-state index in [1.165, 1.54) is 27.6 Å². The number of rotatable bonds is 5. The summed E-state index contributed by atoms with van der Waals surface area (Å²) in [5, 5.41) is 8.16. The fourth-order valence-electron chi connectivity index (χ4n) is 3.11. The van der Waals surface area contributed by atoms with E-state index in [4.69, 9.17) is 0 Å². The minimum absolute atomic E-state index is 0. The highest BCUT2D eigenvalue weighted by Crippen LogP contribution is 2.21. The molecule has 0 saturated heterocycles. The minimum atomic E-state index is 0. The quantitative estimate of drug-likeness (QED) is 0.296. The number of aromatic amines is 1. The molecular weight excluding hydrogens is 435 g/mol. The smallest absolute Gasteiger partial charge is 0.191 e. The number of guanidine groups is 1. The first kappa shape index (κ1) is 20.3. The van der Waals surface area contributed by atoms with Crippen LogP contribution in [0.2, 0.25) is 0 Å². The van der Waals surface area contributed by atoms with E-state index >= 15 is 0 Å². The van der Waals surface area contributed by atoms with Gasteiger partial charge in [0.1, 0.15) is 0 Å². The molecule has 0 saturated carbocycles. The second-order valence-corrected chi connectivity index (χ2v) is 6.34. The summed E-state index contributed by atoms with van der Waals surface area (Å²) in [5.74, 6) is 0.826. The molecule has 26 heavy (non-hydrogen) atoms. The van der Waals surface area contributed by atoms with Crippen molar-refractivity contribution in [3.63, 3.8) is 0 Å². The van der Waals surface area contributed by atoms with Crippen LogP contribution in [0, 0.1) is 6.92 Å². The third kappa shape index (κ3) is 4.78. The SMILES string of the molecule is CN=C(NCCc1c[nH]c2c(C)cccc12)NC(C)c1ccccc1.I. The Kier molecular flexibility index (Phi) is 7.50. The molecule has 3 rings (SSSR count). The molecule has 0 fully saturated rings. The lowest BCUT2D eigenvalue weighted by Crippen LogP contribution is -2.39. The Labute approximate surface area is 172 Å². The maximum absolute atomic E-state index is 4.34. The van der Waals surface area contributed by atoms with Gasteiger partial charge in [0.15, 0.2) is 5.96 Å². The Bertz CT molecular complexity index is 855. The lowest BCUT2D eigenvalue weighted by atomic mass is 10.1. The fraction of sp³-hybridized carbons (Fsp3) is 0.286. The first-order chi connectivity index (χ1) is 12.2. The summed E-state index contributed by atoms with van der Waals surface area (Å²) in [6, 6.07) is 17.0. The van der Waals surface area contributed by atoms with Gasteiger partial charge in [-0.2, -0.15) is 0 Å². The molecule has 138 valence electrons. The molecule has 0 spiro atoms. The summed E-state index contributed by atoms with van der Waals surface area (Å²) >= 11 is 0. The maximum Gasteiger partial charge on any atom is 0.191 e. The zero-order chi connectivity index (χ0) is 17.6. The van der Waals surface area contributed by atoms with Crippen molar-refractivity contribution in [2.24, 2.45) is 4.99 Å². The van der Waals surface area contributed by atoms with Gasteiger partial charge in [-0.3, -0.25) is 4.99 Å². The van der Waals surface area contributed by atoms with E-state index < -0.39 is 0 Å². The van der Waals surface area contributed by atoms with Gasteiger partial charge in [0.25, 0.3) is 0 Å². The average molecular weight is 462 g/mol. The van der Waals surface area contributed by atoms with E-state index in [9.17, 15) is 0 Å². The number of benzene rings is 2. The zero-order valence-corrected chi connectivity index (χ0v) is 17.9. The van der Waals surface area contributed by atoms with E-state index in [0.717, 1.165) is 18.9 Å². The summed E-state index contributed by atoms with van der Waals surface area (Å²) in [6.07, 6.45) is 3.06. The van der Waals surface area contributed by atoms with Crippen LogP contribution in [0.5, 0.6) is 0 Å². The molecule has 0 amide bonds. The van der Waals surface area contributed by atoms with Crippen LogP contribution in [-0.2, 0) is 6.42 Å². The molecule has 3 aromatic rings. The number of aryl methyl sites for hydroxylation is 1. The monoisotopic (exact) mass is 462 g/mol. The minimum Gasteiger partial charge on any atom is -0.361 e. The van der Waals surface area contributed by atoms with Crippen molar-refractivity contribution in [1.29, 1.82) is 0 Å². The molecule has 1 aromatic heterocycles. The highest BCUT2D eigenvalue weighted by atomic mass is 127. The van der Waals surface area contributed by atoms with Gasteiger partial charge in [-0.05, 0) is 37.0 Å². The van der Waals surface area contributed by atoms with Gasteiger partial charge < -0.3 is 15.6 Å². The largest absolute Gasteiger partial charge is 0.361 e. The number of nitrogens with one attached hydrogen (secondary N) is 3. The van der Waals surface area contributed by atoms with Gasteiger partial charge in [-0.15, -0.1) is 24.0 Å². The highest BCUT2D eigenvalue weighted by Gasteiger charge is 2.08. The second kappa shape index (κ2) is 9.62. The van der Waals surface area contributed by atoms with Gasteiger partial charge in [-0.1, -0.05) is 48.5 Å². The Morgan fingerprint density at radius 3 is 2.62 bits per heavy atom. The number of aromatic nitrogens is 1. The topological polar surface area (TPSA) is 52.2 Å². The third-order valence-electron chi connectivity index (χ3n) is 4.57. The average Bonchev–Trinajstić information content (AvgIpc) is 3.06. The molecule has 3 N–H and O–H groups in total. The number of halogens is 1. The van der Waals surface area contributed by atoms with Crippen LogP contribution in [-0.4, -0.2) is 24.5 Å². The van der Waals surface area contributed by atoms with E-state index in [-0.39, 0.29) is 30.0 Å². The number of hydrogen-bond acceptors (Lipinski definition) is 1. The summed E-state index contributed by atoms with van der Waals surface area (Å²) in [7, 11) is 1.81. The second-order valence-electron chi connectivity index (χ2n) is 6.34. The van der Waals surface area contributed by atoms with Crippen LogP contribution in [0.4, 0.5) is 0 Å². The van der Waals surface area contributed by atoms with Crippen LogP contribution in [0.25, 0.3) is 10.9 Å². The summed E-state index contributed by atoms with van der Waals surface area (Å²) in [4.78, 5) is 7.72. The number of H-pyrrole nitrogens is 1. The first-order valence-corrected chi connectivity index (χ1v) is 8.76. The van der Waals surface area contributed by atoms with Crippen LogP contribution in [0.15, 0.2) is 59.7 Å². The third-order valence-corrected chi connectivity index (χ3v) is 4.57. The van der Waals surface area contributed by atoms with Crippen molar-refractivity contribution >= 4 is 40.8 Å². The standard InChI is InChI=1S/C21H26N4.HI/c1-15-8-7-11-19-18(14-24-20(15)19)12-13-23-21(22-3)25-16(2)17-9-5-4-6-10-17;/h4-11,14,16,24H,12-13H2,1-3H3,(H2,22,23,25);1H. The van der Waals surface area contributed by atoms with E-state index in [2.05, 4.69) is 83.1 Å². The van der Waals surface area contributed by atoms with Gasteiger partial charge in [0.05, 0.1) is 6.04 Å². The molecule has 0 aliphatic heterocycles. The molecule has 2 aromatic carbocycles. The summed E-state index contributed by atoms with van der Waals surface area (Å²) in [5.41, 5.74) is 5.10. The number of fused-ring (bicyclic) bond motifs is 1. The molecule has 0 aliphatic carbocycles. The van der Waals surface area contributed by atoms with Gasteiger partial charge in [0, 0.05) is 30.7 Å². The van der Waals surface area contributed by atoms with E-state index in [1.807, 2.05) is 13.1 Å². The van der Waals surface area contributed by atoms with Gasteiger partial charge in [-0.25, -0.2) is 0 Å². The number of nitrogens with zero attached hydrogens (tertiary/aromatic N) is 1. The van der Waals surface area contributed by atoms with Crippen molar-refractivity contribution in [3.8, 4) is 0 Å². The Balaban J connectivity index is 0.00000243. The van der Waals surface area contributed by atoms with Crippen LogP contribution in [0.1, 0.15) is 29.7 Å². The summed E-state index contributed by atoms with van der Waals surface area (Å²) in [6.45, 7) is 5.12. The summed E-state index contributed by atoms with van der Waals surface area (Å²) < 4.78 is 0. The molecule has 0 radical (unpaired) electrons. The molecule has 1 heterocycles. The molecule has 1 atom stereocenters. The van der Waals surface area contributed by atoms with Crippen LogP contribution >= 0.6 is 24.0 Å². The van der Waals surface area contributed by atoms with Crippen molar-refractivity contribution in [2.75, 3.05) is 13.6 Å². The number of hydrogen-bond donors (Lipinski definition) is 3. The van der Waals surface area contributed by atoms with Gasteiger partial charge in [0.2, 0.25) is 0 Å². The molecule has 0 aliphatic rings. The molecule has 0 bridgehead atoms. The van der Waals surface area contributed by atoms with Crippen molar-refractivity contribution in [1.82, 2.24) is 15.6 Å². The number of aliphatic imine (C=N–C) groups is 1. The van der Waals surface area contributed by atoms with Gasteiger partial charge >= 0.3 is 0 Å². The molecule has 4 nitrogen and oxygen atoms in total. The van der Waals surface area contributed by atoms with Crippen LogP contribution in [0.3, 0.4) is 0 Å². The van der Waals surface area contributed by atoms with Crippen molar-refractivity contribution < 1.29 is 0 Å². The van der Waals surface area contributed by atoms with Crippen LogP contribution < -0.4 is 10.6 Å². The Hall–Kier alpha value is -2.02. The predicted molar refractivity (Wildman–Crippen MR) is 122 cm³/mol. The lowest BCUT2D eigenvalue weighted by Gasteiger charge is -2.18. The first-order valence-electron chi connectivity index (χ1n) is 8.76. The molecule has 1 unspecified atom stereocenters. The number of para-hydroxylation sites is 1. The normalized spacial score (nSPS) is 12.5. The Morgan fingerprint density at radius 1 is 1.12 bits per heavy atom. The van der Waals surface area contributed by atoms with E-state index in [0.29, 0.717) is 0 Å². The Morgan fingerprint density at radius 2 is 1.88 bits per heavy atom. The molecular formula is C21H27IN4. The predicted octanol–water partition coefficient (Wildman–Crippen LogP) is 4.56. The fourth-order valence-corrected chi connectivity index (χ4v) is 3.11. The zero-order valence-electron chi connectivity index (χ0n) is 15.5. The highest BCUT2D eigenvalue weighted by molar-refractivity contribution is 14.0. The lowest BCUT2D eigenvalue weighted by molar-refractivity contribution is 0.684. The molecule has 5 heteroatoms. The van der Waals surface area contributed by atoms with Crippen molar-refractivity contribution in [3.05, 3.63) is 71.4 Å². The van der Waals surface area contributed by atoms with Crippen molar-refractivity contribution in [2.45, 2.75) is 26.3 Å². The van der Waals surface area contributed by atoms with E-state index in [1.54, 1.807) is 0 Å². The maximum atomic E-state index is 4.34.